The standard InChI is InChI=1S/C4H2N3O3/c8-3-6-2-1-5-4(6)7(9)10/h1-2H. The molecule has 1 heterocycles. The van der Waals surface area contributed by atoms with E-state index in [0.717, 1.165) is 12.4 Å². The highest BCUT2D eigenvalue weighted by Crippen LogP contribution is 2.02. The van der Waals surface area contributed by atoms with Gasteiger partial charge in [-0.2, -0.15) is 4.57 Å². The lowest BCUT2D eigenvalue weighted by atomic mass is 10.9. The highest BCUT2D eigenvalue weighted by Gasteiger charge is 2.12. The van der Waals surface area contributed by atoms with Gasteiger partial charge in [0.05, 0.1) is 0 Å². The lowest BCUT2D eigenvalue weighted by Gasteiger charge is -1.88. The smallest absolute Gasteiger partial charge is 0.390 e. The van der Waals surface area contributed by atoms with E-state index in [1.165, 1.54) is 6.41 Å². The van der Waals surface area contributed by atoms with E-state index in [9.17, 15) is 14.9 Å². The molecule has 0 fully saturated rings. The maximum Gasteiger partial charge on any atom is 0.442 e. The summed E-state index contributed by atoms with van der Waals surface area (Å²) >= 11 is 0. The van der Waals surface area contributed by atoms with Gasteiger partial charge >= 0.3 is 12.4 Å². The molecule has 1 rings (SSSR count). The van der Waals surface area contributed by atoms with E-state index in [-0.39, 0.29) is 0 Å². The molecule has 0 aliphatic carbocycles. The molecule has 6 nitrogen and oxygen atoms in total. The van der Waals surface area contributed by atoms with Crippen molar-refractivity contribution in [3.63, 3.8) is 0 Å². The number of nitro groups is 1. The molecule has 51 valence electrons. The molecule has 0 unspecified atom stereocenters. The maximum absolute atomic E-state index is 9.99. The third kappa shape index (κ3) is 0.859. The normalized spacial score (nSPS) is 9.20. The molecule has 0 saturated carbocycles. The van der Waals surface area contributed by atoms with Crippen molar-refractivity contribution in [1.29, 1.82) is 0 Å². The van der Waals surface area contributed by atoms with Gasteiger partial charge in [-0.1, -0.05) is 4.98 Å². The van der Waals surface area contributed by atoms with Crippen LogP contribution >= 0.6 is 0 Å². The Bertz CT molecular complexity index is 266. The quantitative estimate of drug-likeness (QED) is 0.417. The molecule has 0 bridgehead atoms. The summed E-state index contributed by atoms with van der Waals surface area (Å²) in [5, 5.41) is 9.99. The van der Waals surface area contributed by atoms with Crippen molar-refractivity contribution in [3.05, 3.63) is 22.5 Å². The zero-order valence-electron chi connectivity index (χ0n) is 4.72. The molecule has 1 aromatic heterocycles. The minimum atomic E-state index is -0.759. The monoisotopic (exact) mass is 140 g/mol. The molecule has 0 N–H and O–H groups in total. The summed E-state index contributed by atoms with van der Waals surface area (Å²) in [6.45, 7) is 0. The number of hydrogen-bond acceptors (Lipinski definition) is 4. The predicted molar refractivity (Wildman–Crippen MR) is 30.0 cm³/mol. The average Bonchev–Trinajstić information content (AvgIpc) is 2.33. The largest absolute Gasteiger partial charge is 0.442 e. The first-order valence-electron chi connectivity index (χ1n) is 2.31. The second-order valence-electron chi connectivity index (χ2n) is 1.45. The first-order chi connectivity index (χ1) is 4.75. The summed E-state index contributed by atoms with van der Waals surface area (Å²) in [7, 11) is 0. The van der Waals surface area contributed by atoms with Crippen LogP contribution in [0.25, 0.3) is 0 Å². The van der Waals surface area contributed by atoms with Crippen molar-refractivity contribution in [2.24, 2.45) is 0 Å². The fraction of sp³-hybridized carbons (Fsp3) is 0. The maximum atomic E-state index is 9.99. The van der Waals surface area contributed by atoms with E-state index in [1.54, 1.807) is 0 Å². The molecule has 0 atom stereocenters. The summed E-state index contributed by atoms with van der Waals surface area (Å²) in [5.74, 6) is -0.519. The lowest BCUT2D eigenvalue weighted by Crippen LogP contribution is -2.00. The molecule has 0 amide bonds. The third-order valence-electron chi connectivity index (χ3n) is 0.883. The Morgan fingerprint density at radius 1 is 1.80 bits per heavy atom. The fourth-order valence-corrected chi connectivity index (χ4v) is 0.502. The Labute approximate surface area is 55.2 Å². The van der Waals surface area contributed by atoms with Crippen LogP contribution in [0.15, 0.2) is 12.4 Å². The van der Waals surface area contributed by atoms with Crippen LogP contribution in [0.5, 0.6) is 0 Å². The summed E-state index contributed by atoms with van der Waals surface area (Å²) in [6.07, 6.45) is 3.63. The second-order valence-corrected chi connectivity index (χ2v) is 1.45. The molecule has 10 heavy (non-hydrogen) atoms. The molecule has 1 aromatic rings. The fourth-order valence-electron chi connectivity index (χ4n) is 0.502. The number of imidazole rings is 1. The van der Waals surface area contributed by atoms with Gasteiger partial charge in [-0.25, -0.2) is 4.79 Å². The summed E-state index contributed by atoms with van der Waals surface area (Å²) in [6, 6.07) is 0. The summed E-state index contributed by atoms with van der Waals surface area (Å²) in [4.78, 5) is 22.4. The Kier molecular flexibility index (Phi) is 1.44. The van der Waals surface area contributed by atoms with Crippen LogP contribution in [0.4, 0.5) is 5.95 Å². The Morgan fingerprint density at radius 3 is 2.90 bits per heavy atom. The SMILES string of the molecule is O=[C]n1ccnc1[N+](=O)[O-]. The van der Waals surface area contributed by atoms with Gasteiger partial charge in [0, 0.05) is 0 Å². The molecule has 0 aromatic carbocycles. The zero-order valence-corrected chi connectivity index (χ0v) is 4.72. The molecule has 0 saturated heterocycles. The van der Waals surface area contributed by atoms with E-state index in [2.05, 4.69) is 4.98 Å². The number of rotatable bonds is 2. The number of hydrogen-bond donors (Lipinski definition) is 0. The van der Waals surface area contributed by atoms with E-state index in [4.69, 9.17) is 0 Å². The molecule has 0 aliphatic heterocycles. The minimum absolute atomic E-state index is 0.519. The van der Waals surface area contributed by atoms with Gasteiger partial charge in [-0.3, -0.25) is 0 Å². The van der Waals surface area contributed by atoms with E-state index >= 15 is 0 Å². The highest BCUT2D eigenvalue weighted by atomic mass is 16.6. The summed E-state index contributed by atoms with van der Waals surface area (Å²) < 4.78 is 0.667. The van der Waals surface area contributed by atoms with Gasteiger partial charge in [-0.15, -0.1) is 0 Å². The number of carbonyl (C=O) groups excluding carboxylic acids is 1. The highest BCUT2D eigenvalue weighted by molar-refractivity contribution is 5.55. The van der Waals surface area contributed by atoms with Crippen molar-refractivity contribution < 1.29 is 9.72 Å². The van der Waals surface area contributed by atoms with Crippen molar-refractivity contribution >= 4 is 12.4 Å². The van der Waals surface area contributed by atoms with Crippen LogP contribution < -0.4 is 0 Å². The first-order valence-corrected chi connectivity index (χ1v) is 2.31. The van der Waals surface area contributed by atoms with Crippen molar-refractivity contribution in [1.82, 2.24) is 9.55 Å². The van der Waals surface area contributed by atoms with Gasteiger partial charge in [0.15, 0.2) is 0 Å². The van der Waals surface area contributed by atoms with Crippen LogP contribution in [0, 0.1) is 10.1 Å². The van der Waals surface area contributed by atoms with Crippen LogP contribution in [-0.2, 0) is 4.79 Å². The Morgan fingerprint density at radius 2 is 2.50 bits per heavy atom. The van der Waals surface area contributed by atoms with Crippen LogP contribution in [0.3, 0.4) is 0 Å². The first kappa shape index (κ1) is 6.40. The van der Waals surface area contributed by atoms with Crippen molar-refractivity contribution in [2.45, 2.75) is 0 Å². The minimum Gasteiger partial charge on any atom is -0.390 e. The Hall–Kier alpha value is -1.72. The third-order valence-corrected chi connectivity index (χ3v) is 0.883. The lowest BCUT2D eigenvalue weighted by molar-refractivity contribution is -0.395. The number of aromatic nitrogens is 2. The topological polar surface area (TPSA) is 78.0 Å². The van der Waals surface area contributed by atoms with Crippen LogP contribution in [0.2, 0.25) is 0 Å². The predicted octanol–water partition coefficient (Wildman–Crippen LogP) is -0.293. The van der Waals surface area contributed by atoms with Gasteiger partial charge < -0.3 is 10.1 Å². The molecule has 6 heteroatoms. The molecule has 0 aliphatic rings. The molecular formula is C4H2N3O3. The van der Waals surface area contributed by atoms with Crippen LogP contribution in [-0.4, -0.2) is 20.9 Å². The van der Waals surface area contributed by atoms with E-state index < -0.39 is 10.9 Å². The van der Waals surface area contributed by atoms with Crippen molar-refractivity contribution in [2.75, 3.05) is 0 Å². The Balaban J connectivity index is 3.13. The van der Waals surface area contributed by atoms with Gasteiger partial charge in [0.1, 0.15) is 12.4 Å². The van der Waals surface area contributed by atoms with E-state index in [1.807, 2.05) is 0 Å². The van der Waals surface area contributed by atoms with Gasteiger partial charge in [-0.05, 0) is 4.92 Å². The number of nitrogens with zero attached hydrogens (tertiary/aromatic N) is 3. The molecular weight excluding hydrogens is 138 g/mol. The van der Waals surface area contributed by atoms with E-state index in [0.29, 0.717) is 4.57 Å². The molecule has 0 spiro atoms. The second kappa shape index (κ2) is 2.26. The summed E-state index contributed by atoms with van der Waals surface area (Å²) in [5.41, 5.74) is 0. The average molecular weight is 140 g/mol. The molecule has 1 radical (unpaired) electrons. The zero-order chi connectivity index (χ0) is 7.56. The van der Waals surface area contributed by atoms with Gasteiger partial charge in [0.2, 0.25) is 0 Å². The van der Waals surface area contributed by atoms with Gasteiger partial charge in [0.25, 0.3) is 0 Å². The van der Waals surface area contributed by atoms with Crippen LogP contribution in [0.1, 0.15) is 0 Å². The van der Waals surface area contributed by atoms with Crippen molar-refractivity contribution in [3.8, 4) is 0 Å².